The van der Waals surface area contributed by atoms with Crippen LogP contribution in [0.2, 0.25) is 0 Å². The largest absolute Gasteiger partial charge is 0.326 e. The molecule has 0 bridgehead atoms. The molecule has 0 fully saturated rings. The minimum absolute atomic E-state index is 0.279. The molecule has 0 amide bonds. The van der Waals surface area contributed by atoms with Crippen molar-refractivity contribution in [2.24, 2.45) is 0 Å². The molecule has 2 aromatic carbocycles. The molecule has 2 aromatic heterocycles. The average Bonchev–Trinajstić information content (AvgIpc) is 3.21. The number of fused-ring (bicyclic) bond motifs is 1. The van der Waals surface area contributed by atoms with E-state index in [9.17, 15) is 8.78 Å². The lowest BCUT2D eigenvalue weighted by Gasteiger charge is -2.11. The van der Waals surface area contributed by atoms with Crippen LogP contribution in [0.25, 0.3) is 22.4 Å². The van der Waals surface area contributed by atoms with Crippen molar-refractivity contribution < 1.29 is 8.78 Å². The quantitative estimate of drug-likeness (QED) is 0.525. The predicted octanol–water partition coefficient (Wildman–Crippen LogP) is 4.64. The van der Waals surface area contributed by atoms with Gasteiger partial charge in [0.1, 0.15) is 23.3 Å². The zero-order valence-electron chi connectivity index (χ0n) is 14.4. The van der Waals surface area contributed by atoms with E-state index in [-0.39, 0.29) is 11.6 Å². The summed E-state index contributed by atoms with van der Waals surface area (Å²) in [6.45, 7) is 3.40. The number of aryl methyl sites for hydroxylation is 1. The van der Waals surface area contributed by atoms with Crippen LogP contribution in [0, 0.1) is 11.6 Å². The molecule has 132 valence electrons. The molecule has 0 aliphatic carbocycles. The van der Waals surface area contributed by atoms with Gasteiger partial charge in [0.15, 0.2) is 0 Å². The highest BCUT2D eigenvalue weighted by Gasteiger charge is 2.14. The Balaban J connectivity index is 1.75. The Morgan fingerprint density at radius 2 is 1.77 bits per heavy atom. The van der Waals surface area contributed by atoms with Gasteiger partial charge in [-0.3, -0.25) is 0 Å². The van der Waals surface area contributed by atoms with Gasteiger partial charge >= 0.3 is 0 Å². The molecular formula is C20H18F2N4. The molecule has 0 N–H and O–H groups in total. The van der Waals surface area contributed by atoms with E-state index >= 15 is 0 Å². The van der Waals surface area contributed by atoms with Gasteiger partial charge in [-0.15, -0.1) is 0 Å². The fourth-order valence-corrected chi connectivity index (χ4v) is 3.20. The Hall–Kier alpha value is -3.02. The van der Waals surface area contributed by atoms with Crippen LogP contribution in [0.15, 0.2) is 54.9 Å². The summed E-state index contributed by atoms with van der Waals surface area (Å²) in [7, 11) is 0. The van der Waals surface area contributed by atoms with Crippen molar-refractivity contribution in [1.82, 2.24) is 19.1 Å². The second-order valence-corrected chi connectivity index (χ2v) is 6.20. The Morgan fingerprint density at radius 1 is 1.00 bits per heavy atom. The number of aromatic nitrogens is 4. The summed E-state index contributed by atoms with van der Waals surface area (Å²) in [5, 5.41) is 0. The maximum atomic E-state index is 13.6. The first-order valence-corrected chi connectivity index (χ1v) is 8.57. The van der Waals surface area contributed by atoms with Crippen molar-refractivity contribution >= 4 is 11.0 Å². The summed E-state index contributed by atoms with van der Waals surface area (Å²) < 4.78 is 30.8. The summed E-state index contributed by atoms with van der Waals surface area (Å²) in [5.74, 6) is 1.01. The Kier molecular flexibility index (Phi) is 4.24. The molecule has 0 saturated carbocycles. The molecule has 0 atom stereocenters. The van der Waals surface area contributed by atoms with Crippen molar-refractivity contribution in [1.29, 1.82) is 0 Å². The number of imidazole rings is 2. The molecule has 2 heterocycles. The highest BCUT2D eigenvalue weighted by atomic mass is 19.1. The van der Waals surface area contributed by atoms with Crippen LogP contribution < -0.4 is 0 Å². The van der Waals surface area contributed by atoms with Gasteiger partial charge in [-0.05, 0) is 42.8 Å². The topological polar surface area (TPSA) is 35.6 Å². The molecule has 4 nitrogen and oxygen atoms in total. The van der Waals surface area contributed by atoms with Crippen LogP contribution in [0.4, 0.5) is 8.78 Å². The second kappa shape index (κ2) is 6.71. The van der Waals surface area contributed by atoms with Crippen LogP contribution >= 0.6 is 0 Å². The third-order valence-corrected chi connectivity index (χ3v) is 4.37. The van der Waals surface area contributed by atoms with Crippen molar-refractivity contribution in [2.45, 2.75) is 26.4 Å². The fourth-order valence-electron chi connectivity index (χ4n) is 3.20. The van der Waals surface area contributed by atoms with E-state index in [0.717, 1.165) is 35.7 Å². The molecule has 0 saturated heterocycles. The lowest BCUT2D eigenvalue weighted by molar-refractivity contribution is 0.624. The number of benzene rings is 2. The van der Waals surface area contributed by atoms with Gasteiger partial charge in [0.05, 0.1) is 17.6 Å². The second-order valence-electron chi connectivity index (χ2n) is 6.20. The number of hydrogen-bond acceptors (Lipinski definition) is 2. The Labute approximate surface area is 149 Å². The van der Waals surface area contributed by atoms with E-state index in [1.807, 2.05) is 10.8 Å². The lowest BCUT2D eigenvalue weighted by Crippen LogP contribution is -2.09. The molecule has 0 spiro atoms. The molecular weight excluding hydrogens is 334 g/mol. The smallest absolute Gasteiger partial charge is 0.140 e. The minimum atomic E-state index is -0.292. The zero-order valence-corrected chi connectivity index (χ0v) is 14.4. The average molecular weight is 352 g/mol. The molecule has 0 aliphatic heterocycles. The molecule has 0 aliphatic rings. The molecule has 4 aromatic rings. The summed E-state index contributed by atoms with van der Waals surface area (Å²) in [6.07, 6.45) is 4.53. The van der Waals surface area contributed by atoms with E-state index in [1.54, 1.807) is 24.4 Å². The summed E-state index contributed by atoms with van der Waals surface area (Å²) in [6, 6.07) is 10.9. The van der Waals surface area contributed by atoms with Gasteiger partial charge in [-0.25, -0.2) is 18.7 Å². The summed E-state index contributed by atoms with van der Waals surface area (Å²) >= 11 is 0. The monoisotopic (exact) mass is 352 g/mol. The molecule has 4 rings (SSSR count). The van der Waals surface area contributed by atoms with Gasteiger partial charge in [0.2, 0.25) is 0 Å². The van der Waals surface area contributed by atoms with Crippen molar-refractivity contribution in [3.8, 4) is 11.4 Å². The van der Waals surface area contributed by atoms with Crippen LogP contribution in [0.5, 0.6) is 0 Å². The predicted molar refractivity (Wildman–Crippen MR) is 96.7 cm³/mol. The third-order valence-electron chi connectivity index (χ3n) is 4.37. The van der Waals surface area contributed by atoms with E-state index in [2.05, 4.69) is 21.5 Å². The summed E-state index contributed by atoms with van der Waals surface area (Å²) in [4.78, 5) is 9.03. The first-order chi connectivity index (χ1) is 12.7. The summed E-state index contributed by atoms with van der Waals surface area (Å²) in [5.41, 5.74) is 2.41. The third kappa shape index (κ3) is 2.98. The van der Waals surface area contributed by atoms with Crippen LogP contribution in [0.1, 0.15) is 19.2 Å². The van der Waals surface area contributed by atoms with Gasteiger partial charge in [0, 0.05) is 30.6 Å². The zero-order chi connectivity index (χ0) is 18.1. The van der Waals surface area contributed by atoms with Gasteiger partial charge < -0.3 is 9.13 Å². The van der Waals surface area contributed by atoms with Crippen molar-refractivity contribution in [3.63, 3.8) is 0 Å². The Bertz CT molecular complexity index is 1050. The maximum absolute atomic E-state index is 13.6. The number of hydrogen-bond donors (Lipinski definition) is 0. The number of nitrogens with zero attached hydrogens (tertiary/aromatic N) is 4. The highest BCUT2D eigenvalue weighted by molar-refractivity contribution is 5.76. The van der Waals surface area contributed by atoms with E-state index in [0.29, 0.717) is 12.1 Å². The Morgan fingerprint density at radius 3 is 2.54 bits per heavy atom. The van der Waals surface area contributed by atoms with Crippen molar-refractivity contribution in [2.75, 3.05) is 0 Å². The maximum Gasteiger partial charge on any atom is 0.140 e. The molecule has 0 unspecified atom stereocenters. The van der Waals surface area contributed by atoms with Gasteiger partial charge in [-0.2, -0.15) is 0 Å². The normalized spacial score (nSPS) is 11.3. The van der Waals surface area contributed by atoms with E-state index in [4.69, 9.17) is 0 Å². The van der Waals surface area contributed by atoms with Crippen LogP contribution in [-0.4, -0.2) is 19.1 Å². The van der Waals surface area contributed by atoms with Crippen LogP contribution in [-0.2, 0) is 13.1 Å². The molecule has 26 heavy (non-hydrogen) atoms. The molecule has 6 heteroatoms. The first-order valence-electron chi connectivity index (χ1n) is 8.57. The molecule has 0 radical (unpaired) electrons. The number of halogens is 2. The SMILES string of the molecule is CCCn1c(Cn2ccnc2-c2ccc(F)cc2)nc2cc(F)ccc21. The van der Waals surface area contributed by atoms with Crippen LogP contribution in [0.3, 0.4) is 0 Å². The first kappa shape index (κ1) is 16.4. The fraction of sp³-hybridized carbons (Fsp3) is 0.200. The van der Waals surface area contributed by atoms with Crippen molar-refractivity contribution in [3.05, 3.63) is 72.3 Å². The van der Waals surface area contributed by atoms with E-state index in [1.165, 1.54) is 24.3 Å². The highest BCUT2D eigenvalue weighted by Crippen LogP contribution is 2.22. The lowest BCUT2D eigenvalue weighted by atomic mass is 10.2. The van der Waals surface area contributed by atoms with Gasteiger partial charge in [0.25, 0.3) is 0 Å². The number of rotatable bonds is 5. The van der Waals surface area contributed by atoms with Gasteiger partial charge in [-0.1, -0.05) is 6.92 Å². The standard InChI is InChI=1S/C20H18F2N4/c1-2-10-26-18-8-7-16(22)12-17(18)24-19(26)13-25-11-9-23-20(25)14-3-5-15(21)6-4-14/h3-9,11-12H,2,10,13H2,1H3. The van der Waals surface area contributed by atoms with E-state index < -0.39 is 0 Å². The minimum Gasteiger partial charge on any atom is -0.326 e.